The van der Waals surface area contributed by atoms with E-state index in [-0.39, 0.29) is 0 Å². The first-order valence-corrected chi connectivity index (χ1v) is 5.28. The molecular weight excluding hydrogens is 212 g/mol. The summed E-state index contributed by atoms with van der Waals surface area (Å²) in [5.74, 6) is -0.0219. The lowest BCUT2D eigenvalue weighted by Crippen LogP contribution is -1.98. The van der Waals surface area contributed by atoms with Gasteiger partial charge in [-0.25, -0.2) is 9.78 Å². The van der Waals surface area contributed by atoms with E-state index in [0.29, 0.717) is 4.88 Å². The molecule has 0 aliphatic rings. The van der Waals surface area contributed by atoms with Crippen LogP contribution in [0.2, 0.25) is 0 Å². The zero-order valence-electron chi connectivity index (χ0n) is 8.39. The molecule has 0 aliphatic heterocycles. The molecule has 2 aromatic rings. The monoisotopic (exact) mass is 222 g/mol. The molecule has 78 valence electrons. The zero-order valence-corrected chi connectivity index (χ0v) is 9.21. The van der Waals surface area contributed by atoms with Gasteiger partial charge in [0.1, 0.15) is 10.7 Å². The molecule has 0 aliphatic carbocycles. The fraction of sp³-hybridized carbons (Fsp3) is 0.200. The van der Waals surface area contributed by atoms with Crippen LogP contribution in [-0.2, 0) is 7.05 Å². The van der Waals surface area contributed by atoms with Gasteiger partial charge in [-0.2, -0.15) is 0 Å². The van der Waals surface area contributed by atoms with Crippen LogP contribution < -0.4 is 0 Å². The van der Waals surface area contributed by atoms with E-state index in [9.17, 15) is 4.79 Å². The second kappa shape index (κ2) is 3.51. The van der Waals surface area contributed by atoms with E-state index < -0.39 is 5.97 Å². The first kappa shape index (κ1) is 9.92. The number of aromatic carboxylic acids is 1. The summed E-state index contributed by atoms with van der Waals surface area (Å²) in [7, 11) is 1.88. The Labute approximate surface area is 90.8 Å². The maximum atomic E-state index is 11.0. The van der Waals surface area contributed by atoms with Crippen molar-refractivity contribution in [3.63, 3.8) is 0 Å². The summed E-state index contributed by atoms with van der Waals surface area (Å²) in [6.45, 7) is 1.89. The largest absolute Gasteiger partial charge is 0.477 e. The fourth-order valence-electron chi connectivity index (χ4n) is 1.43. The van der Waals surface area contributed by atoms with Crippen molar-refractivity contribution in [3.05, 3.63) is 28.3 Å². The van der Waals surface area contributed by atoms with Gasteiger partial charge in [0.2, 0.25) is 0 Å². The molecule has 0 aromatic carbocycles. The Morgan fingerprint density at radius 1 is 1.60 bits per heavy atom. The van der Waals surface area contributed by atoms with Gasteiger partial charge in [-0.3, -0.25) is 0 Å². The minimum atomic E-state index is -0.890. The van der Waals surface area contributed by atoms with Gasteiger partial charge < -0.3 is 9.67 Å². The molecule has 2 rings (SSSR count). The molecule has 1 N–H and O–H groups in total. The standard InChI is InChI=1S/C10H10N2O2S/c1-6-11-5-8(12(6)2)7-3-4-15-9(7)10(13)14/h3-5H,1-2H3,(H,13,14). The highest BCUT2D eigenvalue weighted by molar-refractivity contribution is 7.12. The molecule has 0 saturated heterocycles. The predicted molar refractivity (Wildman–Crippen MR) is 58.2 cm³/mol. The number of carbonyl (C=O) groups is 1. The molecule has 0 saturated carbocycles. The molecule has 0 fully saturated rings. The molecule has 0 unspecified atom stereocenters. The molecule has 0 atom stereocenters. The average molecular weight is 222 g/mol. The second-order valence-corrected chi connectivity index (χ2v) is 4.13. The summed E-state index contributed by atoms with van der Waals surface area (Å²) in [5, 5.41) is 10.8. The lowest BCUT2D eigenvalue weighted by molar-refractivity contribution is 0.0703. The molecule has 2 heterocycles. The summed E-state index contributed by atoms with van der Waals surface area (Å²) in [6, 6.07) is 1.81. The Morgan fingerprint density at radius 3 is 2.87 bits per heavy atom. The number of carboxylic acids is 1. The van der Waals surface area contributed by atoms with Crippen LogP contribution in [0.3, 0.4) is 0 Å². The molecule has 0 spiro atoms. The SMILES string of the molecule is Cc1ncc(-c2ccsc2C(=O)O)n1C. The molecule has 0 amide bonds. The number of rotatable bonds is 2. The Hall–Kier alpha value is -1.62. The van der Waals surface area contributed by atoms with Gasteiger partial charge in [0, 0.05) is 12.6 Å². The molecule has 5 heteroatoms. The van der Waals surface area contributed by atoms with Gasteiger partial charge in [0.25, 0.3) is 0 Å². The third kappa shape index (κ3) is 1.55. The Balaban J connectivity index is 2.59. The van der Waals surface area contributed by atoms with Crippen molar-refractivity contribution in [2.24, 2.45) is 7.05 Å². The second-order valence-electron chi connectivity index (χ2n) is 3.22. The molecule has 0 bridgehead atoms. The summed E-state index contributed by atoms with van der Waals surface area (Å²) >= 11 is 1.23. The number of thiophene rings is 1. The van der Waals surface area contributed by atoms with Crippen molar-refractivity contribution in [2.75, 3.05) is 0 Å². The van der Waals surface area contributed by atoms with Gasteiger partial charge >= 0.3 is 5.97 Å². The van der Waals surface area contributed by atoms with E-state index >= 15 is 0 Å². The summed E-state index contributed by atoms with van der Waals surface area (Å²) in [5.41, 5.74) is 1.57. The van der Waals surface area contributed by atoms with Crippen LogP contribution in [0.15, 0.2) is 17.6 Å². The Kier molecular flexibility index (Phi) is 2.32. The number of imidazole rings is 1. The van der Waals surface area contributed by atoms with Gasteiger partial charge in [-0.05, 0) is 18.4 Å². The molecule has 0 radical (unpaired) electrons. The van der Waals surface area contributed by atoms with E-state index in [1.807, 2.05) is 24.6 Å². The third-order valence-corrected chi connectivity index (χ3v) is 3.26. The van der Waals surface area contributed by atoms with Crippen LogP contribution in [0.5, 0.6) is 0 Å². The van der Waals surface area contributed by atoms with Crippen molar-refractivity contribution in [2.45, 2.75) is 6.92 Å². The summed E-state index contributed by atoms with van der Waals surface area (Å²) in [4.78, 5) is 15.5. The van der Waals surface area contributed by atoms with E-state index in [1.165, 1.54) is 11.3 Å². The van der Waals surface area contributed by atoms with Crippen LogP contribution in [0.4, 0.5) is 0 Å². The molecule has 4 nitrogen and oxygen atoms in total. The quantitative estimate of drug-likeness (QED) is 0.847. The number of hydrogen-bond acceptors (Lipinski definition) is 3. The van der Waals surface area contributed by atoms with E-state index in [2.05, 4.69) is 4.98 Å². The van der Waals surface area contributed by atoms with Crippen molar-refractivity contribution in [3.8, 4) is 11.3 Å². The third-order valence-electron chi connectivity index (χ3n) is 2.36. The summed E-state index contributed by atoms with van der Waals surface area (Å²) in [6.07, 6.45) is 1.70. The van der Waals surface area contributed by atoms with Crippen LogP contribution >= 0.6 is 11.3 Å². The molecule has 15 heavy (non-hydrogen) atoms. The topological polar surface area (TPSA) is 55.1 Å². The normalized spacial score (nSPS) is 10.5. The van der Waals surface area contributed by atoms with Gasteiger partial charge in [-0.1, -0.05) is 0 Å². The maximum absolute atomic E-state index is 11.0. The van der Waals surface area contributed by atoms with Crippen molar-refractivity contribution < 1.29 is 9.90 Å². The minimum absolute atomic E-state index is 0.359. The van der Waals surface area contributed by atoms with Crippen LogP contribution in [0.1, 0.15) is 15.5 Å². The van der Waals surface area contributed by atoms with Gasteiger partial charge in [-0.15, -0.1) is 11.3 Å². The lowest BCUT2D eigenvalue weighted by Gasteiger charge is -2.02. The molecule has 2 aromatic heterocycles. The predicted octanol–water partition coefficient (Wildman–Crippen LogP) is 2.16. The van der Waals surface area contributed by atoms with E-state index in [1.54, 1.807) is 11.6 Å². The van der Waals surface area contributed by atoms with Crippen LogP contribution in [0, 0.1) is 6.92 Å². The van der Waals surface area contributed by atoms with Crippen molar-refractivity contribution >= 4 is 17.3 Å². The highest BCUT2D eigenvalue weighted by Gasteiger charge is 2.16. The van der Waals surface area contributed by atoms with Crippen molar-refractivity contribution in [1.29, 1.82) is 0 Å². The first-order chi connectivity index (χ1) is 7.11. The number of carboxylic acid groups (broad SMARTS) is 1. The van der Waals surface area contributed by atoms with E-state index in [0.717, 1.165) is 17.1 Å². The Bertz CT molecular complexity index is 513. The number of hydrogen-bond donors (Lipinski definition) is 1. The highest BCUT2D eigenvalue weighted by Crippen LogP contribution is 2.28. The highest BCUT2D eigenvalue weighted by atomic mass is 32.1. The van der Waals surface area contributed by atoms with Crippen molar-refractivity contribution in [1.82, 2.24) is 9.55 Å². The lowest BCUT2D eigenvalue weighted by atomic mass is 10.2. The minimum Gasteiger partial charge on any atom is -0.477 e. The maximum Gasteiger partial charge on any atom is 0.346 e. The zero-order chi connectivity index (χ0) is 11.0. The number of aromatic nitrogens is 2. The van der Waals surface area contributed by atoms with Crippen LogP contribution in [-0.4, -0.2) is 20.6 Å². The average Bonchev–Trinajstić information content (AvgIpc) is 2.75. The fourth-order valence-corrected chi connectivity index (χ4v) is 2.17. The number of aryl methyl sites for hydroxylation is 1. The van der Waals surface area contributed by atoms with Crippen LogP contribution in [0.25, 0.3) is 11.3 Å². The summed E-state index contributed by atoms with van der Waals surface area (Å²) < 4.78 is 1.88. The van der Waals surface area contributed by atoms with E-state index in [4.69, 9.17) is 5.11 Å². The number of nitrogens with zero attached hydrogens (tertiary/aromatic N) is 2. The Morgan fingerprint density at radius 2 is 2.33 bits per heavy atom. The molecular formula is C10H10N2O2S. The smallest absolute Gasteiger partial charge is 0.346 e. The van der Waals surface area contributed by atoms with Gasteiger partial charge in [0.15, 0.2) is 0 Å². The van der Waals surface area contributed by atoms with Gasteiger partial charge in [0.05, 0.1) is 11.9 Å². The first-order valence-electron chi connectivity index (χ1n) is 4.40.